The molecule has 2 unspecified atom stereocenters. The van der Waals surface area contributed by atoms with Gasteiger partial charge < -0.3 is 14.7 Å². The molecule has 0 saturated heterocycles. The van der Waals surface area contributed by atoms with Crippen LogP contribution in [0.3, 0.4) is 0 Å². The van der Waals surface area contributed by atoms with Crippen molar-refractivity contribution in [2.45, 2.75) is 46.8 Å². The molecule has 1 aromatic rings. The van der Waals surface area contributed by atoms with E-state index >= 15 is 0 Å². The van der Waals surface area contributed by atoms with E-state index in [9.17, 15) is 5.11 Å². The Morgan fingerprint density at radius 1 is 1.25 bits per heavy atom. The number of aliphatic hydroxyl groups is 1. The fraction of sp³-hybridized carbons (Fsp3) is 0.647. The maximum absolute atomic E-state index is 10.5. The molecular weight excluding hydrogens is 250 g/mol. The van der Waals surface area contributed by atoms with Crippen molar-refractivity contribution in [1.29, 1.82) is 0 Å². The van der Waals surface area contributed by atoms with Gasteiger partial charge in [0.15, 0.2) is 0 Å². The molecular formula is C17H29NO2. The summed E-state index contributed by atoms with van der Waals surface area (Å²) in [6.07, 6.45) is -0.535. The zero-order chi connectivity index (χ0) is 15.3. The summed E-state index contributed by atoms with van der Waals surface area (Å²) in [5.74, 6) is 0.777. The molecule has 0 spiro atoms. The molecule has 20 heavy (non-hydrogen) atoms. The first-order chi connectivity index (χ1) is 9.27. The van der Waals surface area contributed by atoms with Crippen LogP contribution in [0.1, 0.15) is 46.3 Å². The smallest absolute Gasteiger partial charge is 0.125 e. The SMILES string of the molecule is CCOc1ccccc1C(O)CN(C)C(C)C(C)(C)C. The van der Waals surface area contributed by atoms with Crippen LogP contribution < -0.4 is 4.74 Å². The predicted octanol–water partition coefficient (Wildman–Crippen LogP) is 3.49. The lowest BCUT2D eigenvalue weighted by Gasteiger charge is -2.36. The van der Waals surface area contributed by atoms with E-state index in [0.29, 0.717) is 19.2 Å². The average Bonchev–Trinajstić information content (AvgIpc) is 2.37. The summed E-state index contributed by atoms with van der Waals surface area (Å²) in [5.41, 5.74) is 1.05. The number of para-hydroxylation sites is 1. The Morgan fingerprint density at radius 2 is 1.85 bits per heavy atom. The third-order valence-electron chi connectivity index (χ3n) is 3.95. The van der Waals surface area contributed by atoms with Gasteiger partial charge in [-0.15, -0.1) is 0 Å². The first kappa shape index (κ1) is 17.0. The Labute approximate surface area is 123 Å². The van der Waals surface area contributed by atoms with Crippen molar-refractivity contribution in [3.05, 3.63) is 29.8 Å². The molecule has 0 heterocycles. The molecule has 3 heteroatoms. The third-order valence-corrected chi connectivity index (χ3v) is 3.95. The molecule has 0 aliphatic rings. The highest BCUT2D eigenvalue weighted by atomic mass is 16.5. The fourth-order valence-electron chi connectivity index (χ4n) is 2.23. The van der Waals surface area contributed by atoms with E-state index in [1.165, 1.54) is 0 Å². The van der Waals surface area contributed by atoms with Gasteiger partial charge in [0.25, 0.3) is 0 Å². The van der Waals surface area contributed by atoms with Gasteiger partial charge in [-0.25, -0.2) is 0 Å². The second kappa shape index (κ2) is 7.09. The molecule has 0 fully saturated rings. The van der Waals surface area contributed by atoms with Gasteiger partial charge in [-0.1, -0.05) is 39.0 Å². The molecule has 2 atom stereocenters. The molecule has 1 aromatic carbocycles. The van der Waals surface area contributed by atoms with Gasteiger partial charge in [0.2, 0.25) is 0 Å². The van der Waals surface area contributed by atoms with Crippen LogP contribution in [0.15, 0.2) is 24.3 Å². The first-order valence-corrected chi connectivity index (χ1v) is 7.37. The van der Waals surface area contributed by atoms with Crippen LogP contribution in [0.5, 0.6) is 5.75 Å². The van der Waals surface area contributed by atoms with Gasteiger partial charge in [0.05, 0.1) is 12.7 Å². The number of benzene rings is 1. The monoisotopic (exact) mass is 279 g/mol. The molecule has 1 rings (SSSR count). The standard InChI is InChI=1S/C17H29NO2/c1-7-20-16-11-9-8-10-14(16)15(19)12-18(6)13(2)17(3,4)5/h8-11,13,15,19H,7,12H2,1-6H3. The summed E-state index contributed by atoms with van der Waals surface area (Å²) in [7, 11) is 2.06. The first-order valence-electron chi connectivity index (χ1n) is 7.37. The number of aliphatic hydroxyl groups excluding tert-OH is 1. The highest BCUT2D eigenvalue weighted by Gasteiger charge is 2.26. The van der Waals surface area contributed by atoms with Gasteiger partial charge >= 0.3 is 0 Å². The maximum Gasteiger partial charge on any atom is 0.125 e. The van der Waals surface area contributed by atoms with E-state index in [0.717, 1.165) is 11.3 Å². The van der Waals surface area contributed by atoms with Gasteiger partial charge in [0.1, 0.15) is 5.75 Å². The number of nitrogens with zero attached hydrogens (tertiary/aromatic N) is 1. The molecule has 0 saturated carbocycles. The molecule has 114 valence electrons. The molecule has 0 aliphatic heterocycles. The van der Waals surface area contributed by atoms with Crippen molar-refractivity contribution in [1.82, 2.24) is 4.90 Å². The third kappa shape index (κ3) is 4.50. The van der Waals surface area contributed by atoms with E-state index in [1.54, 1.807) is 0 Å². The Bertz CT molecular complexity index is 412. The molecule has 0 radical (unpaired) electrons. The van der Waals surface area contributed by atoms with Crippen LogP contribution in [0.2, 0.25) is 0 Å². The van der Waals surface area contributed by atoms with Crippen LogP contribution in [-0.2, 0) is 0 Å². The molecule has 0 amide bonds. The second-order valence-corrected chi connectivity index (χ2v) is 6.47. The summed E-state index contributed by atoms with van der Waals surface area (Å²) >= 11 is 0. The number of hydrogen-bond donors (Lipinski definition) is 1. The van der Waals surface area contributed by atoms with Crippen LogP contribution in [0.4, 0.5) is 0 Å². The quantitative estimate of drug-likeness (QED) is 0.865. The molecule has 0 bridgehead atoms. The van der Waals surface area contributed by atoms with E-state index in [-0.39, 0.29) is 5.41 Å². The second-order valence-electron chi connectivity index (χ2n) is 6.47. The minimum Gasteiger partial charge on any atom is -0.493 e. The van der Waals surface area contributed by atoms with Crippen molar-refractivity contribution in [3.63, 3.8) is 0 Å². The van der Waals surface area contributed by atoms with E-state index in [2.05, 4.69) is 39.6 Å². The molecule has 0 aromatic heterocycles. The van der Waals surface area contributed by atoms with Crippen molar-refractivity contribution in [3.8, 4) is 5.75 Å². The Balaban J connectivity index is 2.78. The largest absolute Gasteiger partial charge is 0.493 e. The fourth-order valence-corrected chi connectivity index (χ4v) is 2.23. The van der Waals surface area contributed by atoms with E-state index in [4.69, 9.17) is 4.74 Å². The number of likely N-dealkylation sites (N-methyl/N-ethyl adjacent to an activating group) is 1. The zero-order valence-electron chi connectivity index (χ0n) is 13.7. The van der Waals surface area contributed by atoms with Gasteiger partial charge in [-0.2, -0.15) is 0 Å². The van der Waals surface area contributed by atoms with Crippen LogP contribution >= 0.6 is 0 Å². The number of rotatable bonds is 6. The summed E-state index contributed by atoms with van der Waals surface area (Å²) in [4.78, 5) is 2.20. The minimum atomic E-state index is -0.535. The van der Waals surface area contributed by atoms with Gasteiger partial charge in [-0.05, 0) is 32.4 Å². The highest BCUT2D eigenvalue weighted by Crippen LogP contribution is 2.28. The topological polar surface area (TPSA) is 32.7 Å². The lowest BCUT2D eigenvalue weighted by atomic mass is 9.87. The van der Waals surface area contributed by atoms with Crippen LogP contribution in [-0.4, -0.2) is 36.2 Å². The van der Waals surface area contributed by atoms with Crippen molar-refractivity contribution < 1.29 is 9.84 Å². The lowest BCUT2D eigenvalue weighted by Crippen LogP contribution is -2.41. The molecule has 0 aliphatic carbocycles. The Hall–Kier alpha value is -1.06. The predicted molar refractivity (Wildman–Crippen MR) is 84.1 cm³/mol. The van der Waals surface area contributed by atoms with Gasteiger partial charge in [-0.3, -0.25) is 0 Å². The van der Waals surface area contributed by atoms with Gasteiger partial charge in [0, 0.05) is 18.2 Å². The summed E-state index contributed by atoms with van der Waals surface area (Å²) < 4.78 is 5.59. The van der Waals surface area contributed by atoms with Crippen LogP contribution in [0.25, 0.3) is 0 Å². The Kier molecular flexibility index (Phi) is 6.03. The van der Waals surface area contributed by atoms with Crippen molar-refractivity contribution in [2.75, 3.05) is 20.2 Å². The highest BCUT2D eigenvalue weighted by molar-refractivity contribution is 5.35. The molecule has 3 nitrogen and oxygen atoms in total. The molecule has 1 N–H and O–H groups in total. The summed E-state index contributed by atoms with van der Waals surface area (Å²) in [6, 6.07) is 8.11. The average molecular weight is 279 g/mol. The lowest BCUT2D eigenvalue weighted by molar-refractivity contribution is 0.0699. The van der Waals surface area contributed by atoms with Crippen LogP contribution in [0, 0.1) is 5.41 Å². The van der Waals surface area contributed by atoms with E-state index in [1.807, 2.05) is 31.2 Å². The number of ether oxygens (including phenoxy) is 1. The Morgan fingerprint density at radius 3 is 2.40 bits per heavy atom. The maximum atomic E-state index is 10.5. The normalized spacial score (nSPS) is 15.2. The van der Waals surface area contributed by atoms with E-state index < -0.39 is 6.10 Å². The summed E-state index contributed by atoms with van der Waals surface area (Å²) in [5, 5.41) is 10.5. The van der Waals surface area contributed by atoms with Crippen molar-refractivity contribution in [2.24, 2.45) is 5.41 Å². The minimum absolute atomic E-state index is 0.188. The number of hydrogen-bond acceptors (Lipinski definition) is 3. The zero-order valence-corrected chi connectivity index (χ0v) is 13.7. The van der Waals surface area contributed by atoms with Crippen molar-refractivity contribution >= 4 is 0 Å². The summed E-state index contributed by atoms with van der Waals surface area (Å²) in [6.45, 7) is 12.0.